The molecule has 0 saturated heterocycles. The molecule has 0 heterocycles. The average Bonchev–Trinajstić information content (AvgIpc) is 2.40. The van der Waals surface area contributed by atoms with E-state index in [0.29, 0.717) is 5.03 Å². The van der Waals surface area contributed by atoms with Crippen LogP contribution in [-0.4, -0.2) is 9.79 Å². The number of halogens is 1. The third-order valence-corrected chi connectivity index (χ3v) is 3.66. The van der Waals surface area contributed by atoms with E-state index in [2.05, 4.69) is 12.6 Å². The summed E-state index contributed by atoms with van der Waals surface area (Å²) in [5.41, 5.74) is 1.76. The van der Waals surface area contributed by atoms with Crippen LogP contribution in [0.3, 0.4) is 0 Å². The molecule has 98 valence electrons. The van der Waals surface area contributed by atoms with Gasteiger partial charge >= 0.3 is 0 Å². The Hall–Kier alpha value is -1.52. The minimum Gasteiger partial charge on any atom is -0.263 e. The van der Waals surface area contributed by atoms with Crippen molar-refractivity contribution >= 4 is 30.3 Å². The summed E-state index contributed by atoms with van der Waals surface area (Å²) in [4.78, 5) is 9.11. The Morgan fingerprint density at radius 2 is 2.11 bits per heavy atom. The molecule has 0 N–H and O–H groups in total. The Morgan fingerprint density at radius 1 is 1.42 bits per heavy atom. The van der Waals surface area contributed by atoms with E-state index in [0.717, 1.165) is 11.1 Å². The van der Waals surface area contributed by atoms with Crippen LogP contribution in [0, 0.1) is 10.1 Å². The molecule has 0 saturated carbocycles. The number of allylic oxidation sites excluding steroid dienone is 3. The SMILES string of the molecule is O=[N+]([O-])C1(S)C=CC(C(Cl)=Cc2ccccc2)=CC1. The predicted molar refractivity (Wildman–Crippen MR) is 80.8 cm³/mol. The Labute approximate surface area is 121 Å². The van der Waals surface area contributed by atoms with Crippen LogP contribution in [0.4, 0.5) is 0 Å². The minimum atomic E-state index is -1.33. The van der Waals surface area contributed by atoms with Gasteiger partial charge in [0, 0.05) is 16.0 Å². The maximum absolute atomic E-state index is 10.8. The third kappa shape index (κ3) is 3.28. The number of thiol groups is 1. The van der Waals surface area contributed by atoms with E-state index < -0.39 is 9.79 Å². The van der Waals surface area contributed by atoms with Crippen LogP contribution in [0.15, 0.2) is 59.2 Å². The molecule has 0 bridgehead atoms. The molecular weight excluding hydrogens is 282 g/mol. The van der Waals surface area contributed by atoms with Crippen molar-refractivity contribution in [2.75, 3.05) is 0 Å². The van der Waals surface area contributed by atoms with E-state index in [1.807, 2.05) is 36.4 Å². The normalized spacial score (nSPS) is 23.1. The van der Waals surface area contributed by atoms with Crippen molar-refractivity contribution in [2.45, 2.75) is 11.3 Å². The molecule has 1 atom stereocenters. The molecule has 19 heavy (non-hydrogen) atoms. The summed E-state index contributed by atoms with van der Waals surface area (Å²) >= 11 is 10.3. The van der Waals surface area contributed by atoms with Crippen LogP contribution in [0.1, 0.15) is 12.0 Å². The van der Waals surface area contributed by atoms with Gasteiger partial charge in [-0.05, 0) is 23.3 Å². The summed E-state index contributed by atoms with van der Waals surface area (Å²) in [7, 11) is 0. The van der Waals surface area contributed by atoms with Gasteiger partial charge in [-0.15, -0.1) is 0 Å². The second-order valence-electron chi connectivity index (χ2n) is 4.24. The maximum atomic E-state index is 10.8. The average molecular weight is 294 g/mol. The largest absolute Gasteiger partial charge is 0.286 e. The predicted octanol–water partition coefficient (Wildman–Crippen LogP) is 4.06. The third-order valence-electron chi connectivity index (χ3n) is 2.84. The number of nitrogens with zero attached hydrogens (tertiary/aromatic N) is 1. The van der Waals surface area contributed by atoms with Gasteiger partial charge in [-0.2, -0.15) is 0 Å². The highest BCUT2D eigenvalue weighted by molar-refractivity contribution is 7.81. The van der Waals surface area contributed by atoms with Crippen molar-refractivity contribution < 1.29 is 4.92 Å². The van der Waals surface area contributed by atoms with Crippen LogP contribution in [0.2, 0.25) is 0 Å². The molecule has 0 amide bonds. The van der Waals surface area contributed by atoms with E-state index in [1.54, 1.807) is 12.2 Å². The minimum absolute atomic E-state index is 0.216. The fourth-order valence-electron chi connectivity index (χ4n) is 1.71. The van der Waals surface area contributed by atoms with Crippen LogP contribution in [0.25, 0.3) is 6.08 Å². The van der Waals surface area contributed by atoms with E-state index in [-0.39, 0.29) is 6.42 Å². The number of hydrogen-bond acceptors (Lipinski definition) is 3. The van der Waals surface area contributed by atoms with Gasteiger partial charge in [0.25, 0.3) is 4.87 Å². The molecule has 0 fully saturated rings. The highest BCUT2D eigenvalue weighted by Gasteiger charge is 2.36. The molecule has 1 aromatic rings. The molecule has 0 aliphatic heterocycles. The fourth-order valence-corrected chi connectivity index (χ4v) is 2.14. The highest BCUT2D eigenvalue weighted by Crippen LogP contribution is 2.31. The molecule has 1 aliphatic carbocycles. The summed E-state index contributed by atoms with van der Waals surface area (Å²) in [6.07, 6.45) is 6.88. The maximum Gasteiger partial charge on any atom is 0.286 e. The molecule has 0 spiro atoms. The number of hydrogen-bond donors (Lipinski definition) is 1. The van der Waals surface area contributed by atoms with Gasteiger partial charge in [-0.25, -0.2) is 0 Å². The van der Waals surface area contributed by atoms with E-state index in [4.69, 9.17) is 11.6 Å². The van der Waals surface area contributed by atoms with Crippen LogP contribution >= 0.6 is 24.2 Å². The second-order valence-corrected chi connectivity index (χ2v) is 5.42. The van der Waals surface area contributed by atoms with Crippen molar-refractivity contribution in [2.24, 2.45) is 0 Å². The van der Waals surface area contributed by atoms with E-state index in [1.165, 1.54) is 6.08 Å². The number of rotatable bonds is 3. The zero-order chi connectivity index (χ0) is 13.9. The lowest BCUT2D eigenvalue weighted by atomic mass is 10.0. The Balaban J connectivity index is 2.18. The van der Waals surface area contributed by atoms with Gasteiger partial charge in [0.15, 0.2) is 0 Å². The highest BCUT2D eigenvalue weighted by atomic mass is 35.5. The number of nitro groups is 1. The first-order chi connectivity index (χ1) is 9.01. The van der Waals surface area contributed by atoms with Crippen molar-refractivity contribution in [3.05, 3.63) is 74.8 Å². The second kappa shape index (κ2) is 5.63. The molecule has 1 unspecified atom stereocenters. The van der Waals surface area contributed by atoms with Crippen molar-refractivity contribution in [3.63, 3.8) is 0 Å². The first-order valence-electron chi connectivity index (χ1n) is 5.70. The summed E-state index contributed by atoms with van der Waals surface area (Å²) in [6, 6.07) is 9.65. The smallest absolute Gasteiger partial charge is 0.263 e. The Kier molecular flexibility index (Phi) is 4.12. The molecule has 5 heteroatoms. The zero-order valence-electron chi connectivity index (χ0n) is 9.99. The lowest BCUT2D eigenvalue weighted by Crippen LogP contribution is -2.30. The lowest BCUT2D eigenvalue weighted by molar-refractivity contribution is -0.523. The molecule has 0 aromatic heterocycles. The molecule has 3 nitrogen and oxygen atoms in total. The van der Waals surface area contributed by atoms with Crippen molar-refractivity contribution in [1.82, 2.24) is 0 Å². The van der Waals surface area contributed by atoms with Gasteiger partial charge in [-0.3, -0.25) is 10.1 Å². The van der Waals surface area contributed by atoms with Gasteiger partial charge in [-0.1, -0.05) is 60.6 Å². The van der Waals surface area contributed by atoms with Crippen LogP contribution in [0.5, 0.6) is 0 Å². The van der Waals surface area contributed by atoms with Crippen molar-refractivity contribution in [3.8, 4) is 0 Å². The molecular formula is C14H12ClNO2S. The van der Waals surface area contributed by atoms with Gasteiger partial charge < -0.3 is 0 Å². The standard InChI is InChI=1S/C14H12ClNO2S/c15-13(10-11-4-2-1-3-5-11)12-6-8-14(19,9-7-12)16(17)18/h1-8,10,19H,9H2. The number of benzene rings is 1. The molecule has 2 rings (SSSR count). The molecule has 1 aromatic carbocycles. The Bertz CT molecular complexity index is 580. The molecule has 1 aliphatic rings. The topological polar surface area (TPSA) is 43.1 Å². The first kappa shape index (κ1) is 13.9. The van der Waals surface area contributed by atoms with Gasteiger partial charge in [0.2, 0.25) is 0 Å². The fraction of sp³-hybridized carbons (Fsp3) is 0.143. The lowest BCUT2D eigenvalue weighted by Gasteiger charge is -2.18. The van der Waals surface area contributed by atoms with Gasteiger partial charge in [0.1, 0.15) is 0 Å². The Morgan fingerprint density at radius 3 is 2.63 bits per heavy atom. The van der Waals surface area contributed by atoms with E-state index >= 15 is 0 Å². The van der Waals surface area contributed by atoms with Crippen LogP contribution in [-0.2, 0) is 0 Å². The summed E-state index contributed by atoms with van der Waals surface area (Å²) in [5, 5.41) is 11.4. The van der Waals surface area contributed by atoms with Crippen molar-refractivity contribution in [1.29, 1.82) is 0 Å². The summed E-state index contributed by atoms with van der Waals surface area (Å²) in [6.45, 7) is 0. The summed E-state index contributed by atoms with van der Waals surface area (Å²) in [5.74, 6) is 0. The molecule has 0 radical (unpaired) electrons. The van der Waals surface area contributed by atoms with Gasteiger partial charge in [0.05, 0.1) is 6.42 Å². The summed E-state index contributed by atoms with van der Waals surface area (Å²) < 4.78 is 0. The first-order valence-corrected chi connectivity index (χ1v) is 6.53. The monoisotopic (exact) mass is 293 g/mol. The van der Waals surface area contributed by atoms with Crippen LogP contribution < -0.4 is 0 Å². The quantitative estimate of drug-likeness (QED) is 0.395. The zero-order valence-corrected chi connectivity index (χ0v) is 11.6. The van der Waals surface area contributed by atoms with E-state index in [9.17, 15) is 10.1 Å².